The summed E-state index contributed by atoms with van der Waals surface area (Å²) in [6.07, 6.45) is 1.61. The Morgan fingerprint density at radius 2 is 2.00 bits per heavy atom. The molecule has 1 rings (SSSR count). The topological polar surface area (TPSA) is 29.1 Å². The maximum Gasteiger partial charge on any atom is 0.0491 e. The molecule has 0 aliphatic rings. The van der Waals surface area contributed by atoms with Gasteiger partial charge in [-0.2, -0.15) is 0 Å². The van der Waals surface area contributed by atoms with Crippen molar-refractivity contribution in [2.24, 2.45) is 0 Å². The highest BCUT2D eigenvalue weighted by atomic mass is 32.2. The number of anilines is 1. The van der Waals surface area contributed by atoms with Gasteiger partial charge in [-0.15, -0.1) is 0 Å². The molecule has 0 saturated heterocycles. The van der Waals surface area contributed by atoms with Gasteiger partial charge in [0.1, 0.15) is 0 Å². The highest BCUT2D eigenvalue weighted by Gasteiger charge is 2.08. The first kappa shape index (κ1) is 12.1. The summed E-state index contributed by atoms with van der Waals surface area (Å²) in [5.41, 5.74) is 3.34. The fraction of sp³-hybridized carbons (Fsp3) is 0.417. The quantitative estimate of drug-likeness (QED) is 0.787. The van der Waals surface area contributed by atoms with E-state index in [9.17, 15) is 4.21 Å². The average molecular weight is 225 g/mol. The SMILES string of the molecule is C=S(C)(=O)Nc1ccc(C)cc1C(C)C. The summed E-state index contributed by atoms with van der Waals surface area (Å²) < 4.78 is 14.6. The zero-order valence-corrected chi connectivity index (χ0v) is 10.6. The molecular weight excluding hydrogens is 206 g/mol. The van der Waals surface area contributed by atoms with Crippen molar-refractivity contribution in [2.45, 2.75) is 26.7 Å². The van der Waals surface area contributed by atoms with Crippen molar-refractivity contribution in [3.05, 3.63) is 29.3 Å². The fourth-order valence-corrected chi connectivity index (χ4v) is 2.14. The fourth-order valence-electron chi connectivity index (χ4n) is 1.49. The molecule has 0 spiro atoms. The lowest BCUT2D eigenvalue weighted by Crippen LogP contribution is -2.11. The van der Waals surface area contributed by atoms with E-state index in [-0.39, 0.29) is 0 Å². The van der Waals surface area contributed by atoms with Crippen LogP contribution in [0.5, 0.6) is 0 Å². The van der Waals surface area contributed by atoms with Gasteiger partial charge in [-0.25, -0.2) is 4.21 Å². The standard InChI is InChI=1S/C12H19NOS/c1-9(2)11-8-10(3)6-7-12(11)13-15(4,5)14/h6-9H,4H2,1-3,5H3,(H,13,14). The summed E-state index contributed by atoms with van der Waals surface area (Å²) in [4.78, 5) is 0. The third-order valence-corrected chi connectivity index (χ3v) is 2.81. The minimum atomic E-state index is -2.20. The number of nitrogens with one attached hydrogen (secondary N) is 1. The Morgan fingerprint density at radius 1 is 1.40 bits per heavy atom. The molecule has 1 aromatic carbocycles. The van der Waals surface area contributed by atoms with Crippen molar-refractivity contribution in [1.29, 1.82) is 0 Å². The molecule has 3 heteroatoms. The maximum atomic E-state index is 11.6. The number of benzene rings is 1. The van der Waals surface area contributed by atoms with Crippen molar-refractivity contribution < 1.29 is 4.21 Å². The molecule has 0 fully saturated rings. The molecular formula is C12H19NOS. The Hall–Kier alpha value is -0.960. The van der Waals surface area contributed by atoms with Gasteiger partial charge in [-0.05, 0) is 30.3 Å². The van der Waals surface area contributed by atoms with Gasteiger partial charge in [0.2, 0.25) is 0 Å². The summed E-state index contributed by atoms with van der Waals surface area (Å²) in [5, 5.41) is 0. The molecule has 2 nitrogen and oxygen atoms in total. The lowest BCUT2D eigenvalue weighted by Gasteiger charge is -2.16. The van der Waals surface area contributed by atoms with E-state index >= 15 is 0 Å². The lowest BCUT2D eigenvalue weighted by molar-refractivity contribution is 0.688. The van der Waals surface area contributed by atoms with Crippen LogP contribution in [0, 0.1) is 6.92 Å². The zero-order chi connectivity index (χ0) is 11.6. The summed E-state index contributed by atoms with van der Waals surface area (Å²) in [7, 11) is -2.20. The molecule has 1 N–H and O–H groups in total. The second-order valence-corrected chi connectivity index (χ2v) is 6.57. The minimum absolute atomic E-state index is 0.411. The Balaban J connectivity index is 3.18. The molecule has 1 unspecified atom stereocenters. The first-order chi connectivity index (χ1) is 6.79. The molecule has 0 aromatic heterocycles. The molecule has 0 aliphatic carbocycles. The van der Waals surface area contributed by atoms with Crippen LogP contribution in [0.1, 0.15) is 30.9 Å². The van der Waals surface area contributed by atoms with E-state index in [1.54, 1.807) is 6.26 Å². The molecule has 0 bridgehead atoms. The van der Waals surface area contributed by atoms with Gasteiger partial charge in [-0.3, -0.25) is 0 Å². The Morgan fingerprint density at radius 3 is 2.47 bits per heavy atom. The number of rotatable bonds is 3. The summed E-state index contributed by atoms with van der Waals surface area (Å²) in [5.74, 6) is 4.02. The molecule has 84 valence electrons. The number of aryl methyl sites for hydroxylation is 1. The van der Waals surface area contributed by atoms with Gasteiger partial charge in [0, 0.05) is 21.7 Å². The van der Waals surface area contributed by atoms with Crippen LogP contribution in [-0.2, 0) is 9.71 Å². The lowest BCUT2D eigenvalue weighted by atomic mass is 9.99. The van der Waals surface area contributed by atoms with Gasteiger partial charge in [0.15, 0.2) is 0 Å². The van der Waals surface area contributed by atoms with Crippen molar-refractivity contribution in [1.82, 2.24) is 0 Å². The van der Waals surface area contributed by atoms with E-state index in [1.165, 1.54) is 11.1 Å². The van der Waals surface area contributed by atoms with E-state index < -0.39 is 9.71 Å². The third kappa shape index (κ3) is 3.59. The molecule has 15 heavy (non-hydrogen) atoms. The highest BCUT2D eigenvalue weighted by Crippen LogP contribution is 2.25. The van der Waals surface area contributed by atoms with Gasteiger partial charge in [0.05, 0.1) is 0 Å². The van der Waals surface area contributed by atoms with Gasteiger partial charge < -0.3 is 4.72 Å². The predicted octanol–water partition coefficient (Wildman–Crippen LogP) is 2.79. The predicted molar refractivity (Wildman–Crippen MR) is 70.1 cm³/mol. The monoisotopic (exact) mass is 225 g/mol. The van der Waals surface area contributed by atoms with E-state index in [4.69, 9.17) is 0 Å². The molecule has 0 saturated carbocycles. The van der Waals surface area contributed by atoms with Crippen LogP contribution in [-0.4, -0.2) is 16.3 Å². The van der Waals surface area contributed by atoms with Gasteiger partial charge in [-0.1, -0.05) is 31.5 Å². The molecule has 0 radical (unpaired) electrons. The smallest absolute Gasteiger partial charge is 0.0491 e. The molecule has 1 atom stereocenters. The largest absolute Gasteiger partial charge is 0.313 e. The molecule has 0 aliphatic heterocycles. The molecule has 0 heterocycles. The zero-order valence-electron chi connectivity index (χ0n) is 9.83. The average Bonchev–Trinajstić information content (AvgIpc) is 2.05. The van der Waals surface area contributed by atoms with Crippen molar-refractivity contribution in [2.75, 3.05) is 11.0 Å². The first-order valence-corrected chi connectivity index (χ1v) is 7.13. The summed E-state index contributed by atoms with van der Waals surface area (Å²) in [6, 6.07) is 6.11. The highest BCUT2D eigenvalue weighted by molar-refractivity contribution is 8.00. The van der Waals surface area contributed by atoms with E-state index in [2.05, 4.69) is 37.4 Å². The Labute approximate surface area is 92.9 Å². The van der Waals surface area contributed by atoms with Crippen LogP contribution in [0.3, 0.4) is 0 Å². The normalized spacial score (nSPS) is 15.0. The second-order valence-electron chi connectivity index (χ2n) is 4.35. The molecule has 0 amide bonds. The Bertz CT molecular complexity index is 447. The van der Waals surface area contributed by atoms with Crippen LogP contribution in [0.15, 0.2) is 18.2 Å². The summed E-state index contributed by atoms with van der Waals surface area (Å²) >= 11 is 0. The molecule has 1 aromatic rings. The number of hydrogen-bond acceptors (Lipinski definition) is 1. The van der Waals surface area contributed by atoms with Crippen molar-refractivity contribution in [3.8, 4) is 0 Å². The van der Waals surface area contributed by atoms with E-state index in [1.807, 2.05) is 12.1 Å². The first-order valence-electron chi connectivity index (χ1n) is 5.00. The maximum absolute atomic E-state index is 11.6. The van der Waals surface area contributed by atoms with E-state index in [0.717, 1.165) is 5.69 Å². The van der Waals surface area contributed by atoms with Crippen LogP contribution in [0.25, 0.3) is 0 Å². The van der Waals surface area contributed by atoms with E-state index in [0.29, 0.717) is 5.92 Å². The van der Waals surface area contributed by atoms with Crippen LogP contribution < -0.4 is 4.72 Å². The van der Waals surface area contributed by atoms with Gasteiger partial charge >= 0.3 is 0 Å². The number of hydrogen-bond donors (Lipinski definition) is 1. The second kappa shape index (κ2) is 4.27. The van der Waals surface area contributed by atoms with Crippen molar-refractivity contribution >= 4 is 21.3 Å². The van der Waals surface area contributed by atoms with Crippen LogP contribution in [0.4, 0.5) is 5.69 Å². The van der Waals surface area contributed by atoms with Gasteiger partial charge in [0.25, 0.3) is 0 Å². The van der Waals surface area contributed by atoms with Crippen LogP contribution in [0.2, 0.25) is 0 Å². The van der Waals surface area contributed by atoms with Crippen LogP contribution >= 0.6 is 0 Å². The van der Waals surface area contributed by atoms with Crippen molar-refractivity contribution in [3.63, 3.8) is 0 Å². The Kier molecular flexibility index (Phi) is 3.45. The third-order valence-electron chi connectivity index (χ3n) is 2.15. The minimum Gasteiger partial charge on any atom is -0.313 e. The summed E-state index contributed by atoms with van der Waals surface area (Å²) in [6.45, 7) is 6.31.